The Bertz CT molecular complexity index is 847. The summed E-state index contributed by atoms with van der Waals surface area (Å²) >= 11 is 2.42. The van der Waals surface area contributed by atoms with Crippen LogP contribution in [-0.2, 0) is 9.22 Å². The number of hydrogen-bond acceptors (Lipinski definition) is 3. The molecule has 4 nitrogen and oxygen atoms in total. The molecule has 2 fully saturated rings. The van der Waals surface area contributed by atoms with Crippen LogP contribution in [0, 0.1) is 12.8 Å². The number of aliphatic imine (C=N–C) groups is 1. The van der Waals surface area contributed by atoms with Gasteiger partial charge in [-0.3, -0.25) is 0 Å². The van der Waals surface area contributed by atoms with Crippen molar-refractivity contribution in [3.05, 3.63) is 40.0 Å². The molecular weight excluding hydrogens is 558 g/mol. The molecule has 7 heteroatoms. The van der Waals surface area contributed by atoms with Crippen LogP contribution in [0.2, 0.25) is 22.9 Å². The first-order chi connectivity index (χ1) is 13.3. The zero-order valence-electron chi connectivity index (χ0n) is 18.3. The summed E-state index contributed by atoms with van der Waals surface area (Å²) in [4.78, 5) is 20.3. The third-order valence-corrected chi connectivity index (χ3v) is 15.3. The molecular formula is C22H31IN2O2SeSi. The van der Waals surface area contributed by atoms with Crippen molar-refractivity contribution < 1.29 is 9.22 Å². The maximum atomic E-state index is 13.2. The average molecular weight is 589 g/mol. The third kappa shape index (κ3) is 4.44. The number of carbonyl (C=O) groups excluding carboxylic acids is 1. The molecule has 1 aromatic rings. The molecule has 1 unspecified atom stereocenters. The number of amidine groups is 1. The van der Waals surface area contributed by atoms with E-state index < -0.39 is 8.32 Å². The van der Waals surface area contributed by atoms with Crippen LogP contribution in [0.3, 0.4) is 0 Å². The Morgan fingerprint density at radius 2 is 1.90 bits per heavy atom. The van der Waals surface area contributed by atoms with Crippen LogP contribution in [0.15, 0.2) is 39.4 Å². The van der Waals surface area contributed by atoms with Crippen LogP contribution in [0.1, 0.15) is 33.3 Å². The summed E-state index contributed by atoms with van der Waals surface area (Å²) in [7, 11) is -1.94. The second kappa shape index (κ2) is 8.23. The summed E-state index contributed by atoms with van der Waals surface area (Å²) in [6.07, 6.45) is -0.0857. The minimum atomic E-state index is -1.94. The molecule has 3 rings (SSSR count). The van der Waals surface area contributed by atoms with Crippen molar-refractivity contribution in [2.45, 2.75) is 69.7 Å². The van der Waals surface area contributed by atoms with E-state index in [1.54, 1.807) is 0 Å². The van der Waals surface area contributed by atoms with E-state index in [2.05, 4.69) is 89.0 Å². The van der Waals surface area contributed by atoms with E-state index in [0.717, 1.165) is 14.0 Å². The second-order valence-corrected chi connectivity index (χ2v) is 18.0. The summed E-state index contributed by atoms with van der Waals surface area (Å²) in [6.45, 7) is 19.6. The number of hydrogen-bond donors (Lipinski definition) is 0. The predicted molar refractivity (Wildman–Crippen MR) is 133 cm³/mol. The van der Waals surface area contributed by atoms with E-state index in [4.69, 9.17) is 9.42 Å². The first kappa shape index (κ1) is 23.2. The van der Waals surface area contributed by atoms with Crippen molar-refractivity contribution in [3.63, 3.8) is 0 Å². The zero-order chi connectivity index (χ0) is 21.7. The van der Waals surface area contributed by atoms with Crippen molar-refractivity contribution in [3.8, 4) is 0 Å². The minimum absolute atomic E-state index is 0.0857. The van der Waals surface area contributed by atoms with Gasteiger partial charge >= 0.3 is 197 Å². The molecule has 0 bridgehead atoms. The quantitative estimate of drug-likeness (QED) is 0.252. The summed E-state index contributed by atoms with van der Waals surface area (Å²) in [5.41, 5.74) is 2.12. The van der Waals surface area contributed by atoms with Crippen molar-refractivity contribution in [1.82, 2.24) is 4.90 Å². The fourth-order valence-corrected chi connectivity index (χ4v) is 8.69. The van der Waals surface area contributed by atoms with Gasteiger partial charge in [-0.25, -0.2) is 0 Å². The number of benzene rings is 1. The van der Waals surface area contributed by atoms with Gasteiger partial charge in [0.1, 0.15) is 0 Å². The van der Waals surface area contributed by atoms with Crippen LogP contribution in [0.4, 0.5) is 5.69 Å². The molecule has 2 aliphatic rings. The first-order valence-corrected chi connectivity index (χ1v) is 15.8. The van der Waals surface area contributed by atoms with Gasteiger partial charge < -0.3 is 0 Å². The van der Waals surface area contributed by atoms with Gasteiger partial charge in [0.25, 0.3) is 0 Å². The Labute approximate surface area is 196 Å². The molecule has 1 amide bonds. The van der Waals surface area contributed by atoms with Crippen molar-refractivity contribution in [2.75, 3.05) is 0 Å². The maximum absolute atomic E-state index is 13.2. The number of amides is 1. The Balaban J connectivity index is 1.85. The molecule has 0 spiro atoms. The van der Waals surface area contributed by atoms with Gasteiger partial charge in [0.2, 0.25) is 0 Å². The van der Waals surface area contributed by atoms with E-state index >= 15 is 0 Å². The third-order valence-electron chi connectivity index (χ3n) is 6.30. The van der Waals surface area contributed by atoms with Gasteiger partial charge in [0.15, 0.2) is 0 Å². The van der Waals surface area contributed by atoms with E-state index in [-0.39, 0.29) is 44.0 Å². The van der Waals surface area contributed by atoms with E-state index in [1.165, 1.54) is 5.56 Å². The summed E-state index contributed by atoms with van der Waals surface area (Å²) in [5.74, 6) is 0.0577. The molecule has 0 aromatic heterocycles. The van der Waals surface area contributed by atoms with Crippen molar-refractivity contribution in [1.29, 1.82) is 0 Å². The van der Waals surface area contributed by atoms with E-state index in [0.29, 0.717) is 4.82 Å². The van der Waals surface area contributed by atoms with E-state index in [9.17, 15) is 4.79 Å². The average Bonchev–Trinajstić information content (AvgIpc) is 2.89. The molecule has 2 saturated heterocycles. The second-order valence-electron chi connectivity index (χ2n) is 9.52. The van der Waals surface area contributed by atoms with Crippen LogP contribution >= 0.6 is 22.6 Å². The normalized spacial score (nSPS) is 27.0. The molecule has 1 aromatic carbocycles. The fourth-order valence-electron chi connectivity index (χ4n) is 3.57. The van der Waals surface area contributed by atoms with Crippen LogP contribution in [-0.4, -0.2) is 51.0 Å². The molecule has 29 heavy (non-hydrogen) atoms. The Morgan fingerprint density at radius 3 is 2.41 bits per heavy atom. The number of halogens is 1. The Morgan fingerprint density at radius 1 is 1.31 bits per heavy atom. The van der Waals surface area contributed by atoms with Crippen LogP contribution in [0.5, 0.6) is 0 Å². The molecule has 0 saturated carbocycles. The molecule has 0 N–H and O–H groups in total. The van der Waals surface area contributed by atoms with E-state index in [1.807, 2.05) is 17.0 Å². The number of aryl methyl sites for hydroxylation is 1. The van der Waals surface area contributed by atoms with Crippen molar-refractivity contribution >= 4 is 62.2 Å². The number of rotatable bonds is 5. The molecule has 4 atom stereocenters. The van der Waals surface area contributed by atoms with Crippen molar-refractivity contribution in [2.24, 2.45) is 10.9 Å². The summed E-state index contributed by atoms with van der Waals surface area (Å²) in [5, 5.41) is 0.123. The molecule has 2 heterocycles. The number of β-lactam (4-membered cyclic amide) rings is 1. The first-order valence-electron chi connectivity index (χ1n) is 10.0. The topological polar surface area (TPSA) is 41.9 Å². The van der Waals surface area contributed by atoms with Gasteiger partial charge in [-0.05, 0) is 0 Å². The SMILES string of the molecule is C=C(I)C1[Se]C(=Nc2ccc(C)cc2)N2C(=O)[C@H]([C@@H](C)O[Si](C)(C)C(C)(C)C)[C@@H]12. The standard InChI is InChI=1S/C22H31IN2O2SeSi/c1-13-9-11-16(12-10-13)24-21-25-18(19(28-21)14(2)23)17(20(25)26)15(3)27-29(7,8)22(4,5)6/h9-12,15,17-19H,2H2,1,3-8H3/t15-,17-,18+,19?/m1/s1. The monoisotopic (exact) mass is 590 g/mol. The fraction of sp³-hybridized carbons (Fsp3) is 0.545. The molecule has 158 valence electrons. The van der Waals surface area contributed by atoms with Gasteiger partial charge in [-0.1, -0.05) is 0 Å². The Hall–Kier alpha value is -0.474. The van der Waals surface area contributed by atoms with Gasteiger partial charge in [0.05, 0.1) is 0 Å². The number of fused-ring (bicyclic) bond motifs is 1. The number of nitrogens with zero attached hydrogens (tertiary/aromatic N) is 2. The van der Waals surface area contributed by atoms with Gasteiger partial charge in [-0.2, -0.15) is 0 Å². The zero-order valence-corrected chi connectivity index (χ0v) is 23.2. The summed E-state index contributed by atoms with van der Waals surface area (Å²) in [6, 6.07) is 8.29. The van der Waals surface area contributed by atoms with Crippen LogP contribution in [0.25, 0.3) is 0 Å². The van der Waals surface area contributed by atoms with Gasteiger partial charge in [0, 0.05) is 0 Å². The summed E-state index contributed by atoms with van der Waals surface area (Å²) < 4.78 is 8.65. The van der Waals surface area contributed by atoms with Crippen LogP contribution < -0.4 is 0 Å². The Kier molecular flexibility index (Phi) is 6.58. The number of carbonyl (C=O) groups is 1. The molecule has 0 radical (unpaired) electrons. The van der Waals surface area contributed by atoms with Gasteiger partial charge in [-0.15, -0.1) is 0 Å². The predicted octanol–water partition coefficient (Wildman–Crippen LogP) is 5.67. The molecule has 2 aliphatic heterocycles. The molecule has 0 aliphatic carbocycles.